The summed E-state index contributed by atoms with van der Waals surface area (Å²) in [5.41, 5.74) is -0.973. The maximum atomic E-state index is 13.2. The first kappa shape index (κ1) is 13.1. The SMILES string of the molecule is CC(C)(C)OS(=O)(=O)c1ccc(F)cc1F. The maximum Gasteiger partial charge on any atom is 0.300 e. The number of rotatable bonds is 2. The lowest BCUT2D eigenvalue weighted by Crippen LogP contribution is -2.24. The minimum atomic E-state index is -4.21. The predicted octanol–water partition coefficient (Wildman–Crippen LogP) is 2.47. The second-order valence-corrected chi connectivity index (χ2v) is 5.74. The van der Waals surface area contributed by atoms with Crippen molar-refractivity contribution >= 4 is 10.1 Å². The molecule has 0 unspecified atom stereocenters. The first-order valence-electron chi connectivity index (χ1n) is 4.52. The van der Waals surface area contributed by atoms with Gasteiger partial charge in [0, 0.05) is 6.07 Å². The van der Waals surface area contributed by atoms with Crippen molar-refractivity contribution in [2.24, 2.45) is 0 Å². The fraction of sp³-hybridized carbons (Fsp3) is 0.400. The molecule has 1 rings (SSSR count). The van der Waals surface area contributed by atoms with Crippen LogP contribution in [0.1, 0.15) is 20.8 Å². The van der Waals surface area contributed by atoms with Gasteiger partial charge in [-0.15, -0.1) is 0 Å². The highest BCUT2D eigenvalue weighted by Gasteiger charge is 2.26. The third kappa shape index (κ3) is 3.24. The van der Waals surface area contributed by atoms with Crippen LogP contribution in [0.15, 0.2) is 23.1 Å². The zero-order chi connectivity index (χ0) is 12.6. The molecule has 0 aliphatic carbocycles. The largest absolute Gasteiger partial charge is 0.300 e. The molecule has 0 saturated carbocycles. The zero-order valence-electron chi connectivity index (χ0n) is 9.12. The van der Waals surface area contributed by atoms with E-state index in [9.17, 15) is 17.2 Å². The van der Waals surface area contributed by atoms with Crippen molar-refractivity contribution in [2.75, 3.05) is 0 Å². The molecule has 16 heavy (non-hydrogen) atoms. The van der Waals surface area contributed by atoms with Crippen LogP contribution >= 0.6 is 0 Å². The predicted molar refractivity (Wildman–Crippen MR) is 54.4 cm³/mol. The van der Waals surface area contributed by atoms with Crippen LogP contribution in [0.5, 0.6) is 0 Å². The Kier molecular flexibility index (Phi) is 3.35. The van der Waals surface area contributed by atoms with Gasteiger partial charge in [0.1, 0.15) is 16.5 Å². The molecule has 0 fully saturated rings. The monoisotopic (exact) mass is 250 g/mol. The van der Waals surface area contributed by atoms with Gasteiger partial charge in [-0.05, 0) is 32.9 Å². The van der Waals surface area contributed by atoms with Gasteiger partial charge in [0.2, 0.25) is 0 Å². The summed E-state index contributed by atoms with van der Waals surface area (Å²) in [4.78, 5) is -0.663. The number of hydrogen-bond acceptors (Lipinski definition) is 3. The van der Waals surface area contributed by atoms with E-state index in [1.165, 1.54) is 20.8 Å². The fourth-order valence-electron chi connectivity index (χ4n) is 1.05. The molecule has 0 aliphatic heterocycles. The van der Waals surface area contributed by atoms with E-state index < -0.39 is 32.2 Å². The van der Waals surface area contributed by atoms with Gasteiger partial charge in [-0.3, -0.25) is 4.18 Å². The van der Waals surface area contributed by atoms with Crippen molar-refractivity contribution in [1.82, 2.24) is 0 Å². The molecule has 0 aliphatic rings. The molecule has 0 saturated heterocycles. The Morgan fingerprint density at radius 2 is 1.75 bits per heavy atom. The standard InChI is InChI=1S/C10H12F2O3S/c1-10(2,3)15-16(13,14)9-5-4-7(11)6-8(9)12/h4-6H,1-3H3. The third-order valence-electron chi connectivity index (χ3n) is 1.52. The molecule has 0 atom stereocenters. The van der Waals surface area contributed by atoms with Crippen molar-refractivity contribution in [3.05, 3.63) is 29.8 Å². The van der Waals surface area contributed by atoms with Crippen LogP contribution in [-0.2, 0) is 14.3 Å². The van der Waals surface area contributed by atoms with E-state index in [1.54, 1.807) is 0 Å². The minimum Gasteiger partial charge on any atom is -0.260 e. The van der Waals surface area contributed by atoms with Crippen molar-refractivity contribution in [1.29, 1.82) is 0 Å². The van der Waals surface area contributed by atoms with Crippen molar-refractivity contribution in [3.63, 3.8) is 0 Å². The van der Waals surface area contributed by atoms with Gasteiger partial charge in [0.05, 0.1) is 5.60 Å². The first-order chi connectivity index (χ1) is 7.12. The lowest BCUT2D eigenvalue weighted by Gasteiger charge is -2.18. The van der Waals surface area contributed by atoms with E-state index in [0.717, 1.165) is 12.1 Å². The summed E-state index contributed by atoms with van der Waals surface area (Å²) in [5.74, 6) is -2.00. The molecule has 0 amide bonds. The number of hydrogen-bond donors (Lipinski definition) is 0. The third-order valence-corrected chi connectivity index (χ3v) is 3.11. The van der Waals surface area contributed by atoms with Crippen LogP contribution < -0.4 is 0 Å². The van der Waals surface area contributed by atoms with E-state index in [0.29, 0.717) is 6.07 Å². The van der Waals surface area contributed by atoms with Gasteiger partial charge >= 0.3 is 0 Å². The lowest BCUT2D eigenvalue weighted by molar-refractivity contribution is 0.139. The summed E-state index contributed by atoms with van der Waals surface area (Å²) >= 11 is 0. The van der Waals surface area contributed by atoms with E-state index >= 15 is 0 Å². The Hall–Kier alpha value is -1.01. The van der Waals surface area contributed by atoms with Crippen LogP contribution in [0, 0.1) is 11.6 Å². The number of halogens is 2. The molecule has 1 aromatic rings. The van der Waals surface area contributed by atoms with Gasteiger partial charge in [-0.25, -0.2) is 8.78 Å². The van der Waals surface area contributed by atoms with Gasteiger partial charge in [0.25, 0.3) is 10.1 Å². The molecule has 0 bridgehead atoms. The highest BCUT2D eigenvalue weighted by molar-refractivity contribution is 7.86. The number of benzene rings is 1. The summed E-state index contributed by atoms with van der Waals surface area (Å²) < 4.78 is 53.8. The molecule has 0 aromatic heterocycles. The molecular weight excluding hydrogens is 238 g/mol. The summed E-state index contributed by atoms with van der Waals surface area (Å²) in [5, 5.41) is 0. The van der Waals surface area contributed by atoms with E-state index in [4.69, 9.17) is 4.18 Å². The Balaban J connectivity index is 3.18. The van der Waals surface area contributed by atoms with Crippen LogP contribution in [0.3, 0.4) is 0 Å². The Morgan fingerprint density at radius 3 is 2.19 bits per heavy atom. The highest BCUT2D eigenvalue weighted by Crippen LogP contribution is 2.22. The molecule has 90 valence electrons. The van der Waals surface area contributed by atoms with E-state index in [1.807, 2.05) is 0 Å². The second kappa shape index (κ2) is 4.10. The molecule has 0 radical (unpaired) electrons. The van der Waals surface area contributed by atoms with Crippen LogP contribution in [0.2, 0.25) is 0 Å². The fourth-order valence-corrected chi connectivity index (χ4v) is 2.33. The molecule has 0 N–H and O–H groups in total. The van der Waals surface area contributed by atoms with Crippen LogP contribution in [0.25, 0.3) is 0 Å². The highest BCUT2D eigenvalue weighted by atomic mass is 32.2. The van der Waals surface area contributed by atoms with Crippen molar-refractivity contribution < 1.29 is 21.4 Å². The topological polar surface area (TPSA) is 43.4 Å². The summed E-state index contributed by atoms with van der Waals surface area (Å²) in [6.07, 6.45) is 0. The second-order valence-electron chi connectivity index (χ2n) is 4.22. The van der Waals surface area contributed by atoms with Gasteiger partial charge in [-0.1, -0.05) is 0 Å². The summed E-state index contributed by atoms with van der Waals surface area (Å²) in [6, 6.07) is 2.20. The molecule has 3 nitrogen and oxygen atoms in total. The summed E-state index contributed by atoms with van der Waals surface area (Å²) in [7, 11) is -4.21. The van der Waals surface area contributed by atoms with E-state index in [2.05, 4.69) is 0 Å². The van der Waals surface area contributed by atoms with Crippen molar-refractivity contribution in [2.45, 2.75) is 31.3 Å². The molecule has 0 heterocycles. The van der Waals surface area contributed by atoms with Crippen LogP contribution in [-0.4, -0.2) is 14.0 Å². The lowest BCUT2D eigenvalue weighted by atomic mass is 10.2. The quantitative estimate of drug-likeness (QED) is 0.757. The minimum absolute atomic E-state index is 0.499. The average Bonchev–Trinajstić information content (AvgIpc) is 1.97. The normalized spacial score (nSPS) is 12.8. The molecular formula is C10H12F2O3S. The Morgan fingerprint density at radius 1 is 1.19 bits per heavy atom. The summed E-state index contributed by atoms with van der Waals surface area (Å²) in [6.45, 7) is 4.56. The first-order valence-corrected chi connectivity index (χ1v) is 5.93. The molecule has 1 aromatic carbocycles. The van der Waals surface area contributed by atoms with Crippen LogP contribution in [0.4, 0.5) is 8.78 Å². The maximum absolute atomic E-state index is 13.2. The average molecular weight is 250 g/mol. The van der Waals surface area contributed by atoms with Gasteiger partial charge < -0.3 is 0 Å². The van der Waals surface area contributed by atoms with Gasteiger partial charge in [-0.2, -0.15) is 8.42 Å². The van der Waals surface area contributed by atoms with E-state index in [-0.39, 0.29) is 0 Å². The smallest absolute Gasteiger partial charge is 0.260 e. The molecule has 6 heteroatoms. The Bertz CT molecular complexity index is 489. The Labute approximate surface area is 93.2 Å². The van der Waals surface area contributed by atoms with Gasteiger partial charge in [0.15, 0.2) is 0 Å². The molecule has 0 spiro atoms. The zero-order valence-corrected chi connectivity index (χ0v) is 9.94. The van der Waals surface area contributed by atoms with Crippen molar-refractivity contribution in [3.8, 4) is 0 Å².